The molecular formula is C27H34N2O4S. The van der Waals surface area contributed by atoms with E-state index in [1.165, 1.54) is 24.3 Å². The van der Waals surface area contributed by atoms with Crippen molar-refractivity contribution in [1.82, 2.24) is 10.3 Å². The summed E-state index contributed by atoms with van der Waals surface area (Å²) in [7, 11) is 0. The van der Waals surface area contributed by atoms with Crippen molar-refractivity contribution in [2.24, 2.45) is 0 Å². The van der Waals surface area contributed by atoms with Gasteiger partial charge in [0.1, 0.15) is 6.61 Å². The van der Waals surface area contributed by atoms with Crippen molar-refractivity contribution < 1.29 is 19.1 Å². The van der Waals surface area contributed by atoms with Crippen LogP contribution in [-0.4, -0.2) is 36.5 Å². The molecule has 1 aliphatic carbocycles. The first-order chi connectivity index (χ1) is 16.3. The van der Waals surface area contributed by atoms with Crippen LogP contribution in [0.2, 0.25) is 0 Å². The summed E-state index contributed by atoms with van der Waals surface area (Å²) in [5, 5.41) is 4.65. The zero-order chi connectivity index (χ0) is 24.9. The maximum absolute atomic E-state index is 12.8. The van der Waals surface area contributed by atoms with Gasteiger partial charge in [-0.3, -0.25) is 9.59 Å². The molecule has 0 aliphatic heterocycles. The predicted octanol–water partition coefficient (Wildman–Crippen LogP) is 5.75. The van der Waals surface area contributed by atoms with Crippen molar-refractivity contribution >= 4 is 28.4 Å². The third-order valence-corrected chi connectivity index (χ3v) is 6.02. The van der Waals surface area contributed by atoms with Crippen LogP contribution >= 0.6 is 11.8 Å². The van der Waals surface area contributed by atoms with E-state index in [0.29, 0.717) is 49.0 Å². The molecule has 1 aliphatic rings. The Morgan fingerprint density at radius 3 is 2.76 bits per heavy atom. The normalized spacial score (nSPS) is 15.8. The van der Waals surface area contributed by atoms with E-state index < -0.39 is 0 Å². The summed E-state index contributed by atoms with van der Waals surface area (Å²) in [6.45, 7) is 13.1. The van der Waals surface area contributed by atoms with Gasteiger partial charge in [-0.25, -0.2) is 4.98 Å². The number of ether oxygens (including phenoxy) is 2. The summed E-state index contributed by atoms with van der Waals surface area (Å²) in [5.74, 6) is 0.208. The zero-order valence-corrected chi connectivity index (χ0v) is 21.3. The maximum atomic E-state index is 12.8. The highest BCUT2D eigenvalue weighted by Crippen LogP contribution is 2.29. The van der Waals surface area contributed by atoms with Gasteiger partial charge >= 0.3 is 0 Å². The minimum absolute atomic E-state index is 0.0355. The summed E-state index contributed by atoms with van der Waals surface area (Å²) in [6, 6.07) is 3.66. The smallest absolute Gasteiger partial charge is 0.251 e. The maximum Gasteiger partial charge on any atom is 0.251 e. The number of allylic oxidation sites excluding steroid dienone is 5. The molecule has 1 heterocycles. The molecule has 0 saturated carbocycles. The molecule has 0 saturated heterocycles. The van der Waals surface area contributed by atoms with Gasteiger partial charge in [-0.05, 0) is 63.1 Å². The number of carbonyl (C=O) groups is 2. The van der Waals surface area contributed by atoms with E-state index in [1.807, 2.05) is 31.2 Å². The second kappa shape index (κ2) is 14.4. The Balaban J connectivity index is 2.00. The molecule has 1 amide bonds. The topological polar surface area (TPSA) is 77.5 Å². The Morgan fingerprint density at radius 1 is 1.24 bits per heavy atom. The van der Waals surface area contributed by atoms with E-state index in [2.05, 4.69) is 23.8 Å². The Morgan fingerprint density at radius 2 is 2.03 bits per heavy atom. The lowest BCUT2D eigenvalue weighted by atomic mass is 9.98. The Kier molecular flexibility index (Phi) is 11.6. The number of hydrogen-bond acceptors (Lipinski definition) is 6. The number of carbonyl (C=O) groups excluding carboxylic acids is 2. The number of amides is 1. The Bertz CT molecular complexity index is 1020. The zero-order valence-electron chi connectivity index (χ0n) is 20.5. The summed E-state index contributed by atoms with van der Waals surface area (Å²) in [5.41, 5.74) is 3.76. The van der Waals surface area contributed by atoms with E-state index in [0.717, 1.165) is 23.3 Å². The minimum Gasteiger partial charge on any atom is -0.475 e. The molecule has 1 aromatic rings. The number of Topliss-reactive ketones (excluding diaryl/α,β-unsaturated/α-hetero) is 1. The van der Waals surface area contributed by atoms with E-state index in [1.54, 1.807) is 24.6 Å². The average molecular weight is 483 g/mol. The molecule has 0 spiro atoms. The van der Waals surface area contributed by atoms with Gasteiger partial charge in [0.25, 0.3) is 5.91 Å². The molecule has 1 N–H and O–H groups in total. The molecule has 34 heavy (non-hydrogen) atoms. The largest absolute Gasteiger partial charge is 0.475 e. The number of rotatable bonds is 12. The van der Waals surface area contributed by atoms with E-state index in [4.69, 9.17) is 9.47 Å². The van der Waals surface area contributed by atoms with Gasteiger partial charge in [-0.2, -0.15) is 0 Å². The molecular weight excluding hydrogens is 448 g/mol. The van der Waals surface area contributed by atoms with Gasteiger partial charge in [0.2, 0.25) is 5.88 Å². The lowest BCUT2D eigenvalue weighted by molar-refractivity contribution is -0.116. The van der Waals surface area contributed by atoms with Crippen molar-refractivity contribution in [3.05, 3.63) is 76.5 Å². The molecule has 0 fully saturated rings. The van der Waals surface area contributed by atoms with Crippen molar-refractivity contribution in [1.29, 1.82) is 0 Å². The van der Waals surface area contributed by atoms with Crippen LogP contribution in [-0.2, 0) is 14.3 Å². The van der Waals surface area contributed by atoms with Gasteiger partial charge in [0, 0.05) is 40.6 Å². The molecule has 1 aromatic heterocycles. The second-order valence-corrected chi connectivity index (χ2v) is 8.92. The number of aromatic nitrogens is 1. The first-order valence-corrected chi connectivity index (χ1v) is 12.3. The highest BCUT2D eigenvalue weighted by molar-refractivity contribution is 8.10. The van der Waals surface area contributed by atoms with Crippen LogP contribution in [0.25, 0.3) is 4.91 Å². The van der Waals surface area contributed by atoms with Crippen molar-refractivity contribution in [3.8, 4) is 5.88 Å². The van der Waals surface area contributed by atoms with Gasteiger partial charge in [0.05, 0.1) is 6.61 Å². The molecule has 7 heteroatoms. The predicted molar refractivity (Wildman–Crippen MR) is 139 cm³/mol. The van der Waals surface area contributed by atoms with E-state index in [-0.39, 0.29) is 11.7 Å². The highest BCUT2D eigenvalue weighted by Gasteiger charge is 2.15. The quantitative estimate of drug-likeness (QED) is 0.302. The van der Waals surface area contributed by atoms with Crippen LogP contribution in [0.3, 0.4) is 0 Å². The highest BCUT2D eigenvalue weighted by atomic mass is 32.2. The lowest BCUT2D eigenvalue weighted by Gasteiger charge is -2.14. The van der Waals surface area contributed by atoms with Crippen LogP contribution < -0.4 is 10.1 Å². The fourth-order valence-electron chi connectivity index (χ4n) is 3.05. The van der Waals surface area contributed by atoms with E-state index >= 15 is 0 Å². The van der Waals surface area contributed by atoms with Gasteiger partial charge < -0.3 is 14.8 Å². The first kappa shape index (κ1) is 27.3. The first-order valence-electron chi connectivity index (χ1n) is 11.4. The average Bonchev–Trinajstić information content (AvgIpc) is 2.80. The van der Waals surface area contributed by atoms with Crippen LogP contribution in [0.5, 0.6) is 5.88 Å². The Hall–Kier alpha value is -2.90. The standard InChI is InChI=1S/C27H34N2O4S/c1-6-14-32-15-16-33-26-17-23(12-13-28-26)22(5)34-18-20(3)27(31)29-25-9-7-8-19(2)10-11-24(25)21(4)30/h7-9,12-13,17-18H,5-6,10-11,14-16H2,1-4H3,(H,29,31)/b9-7?,19-8+,20-18+,25-24?. The molecule has 0 bridgehead atoms. The third kappa shape index (κ3) is 9.15. The minimum atomic E-state index is -0.259. The molecule has 0 atom stereocenters. The van der Waals surface area contributed by atoms with Gasteiger partial charge in [0.15, 0.2) is 5.78 Å². The Labute approximate surface area is 206 Å². The number of nitrogens with zero attached hydrogens (tertiary/aromatic N) is 1. The van der Waals surface area contributed by atoms with Crippen molar-refractivity contribution in [2.75, 3.05) is 19.8 Å². The summed E-state index contributed by atoms with van der Waals surface area (Å²) in [6.07, 6.45) is 9.66. The van der Waals surface area contributed by atoms with Crippen molar-refractivity contribution in [3.63, 3.8) is 0 Å². The molecule has 0 unspecified atom stereocenters. The molecule has 6 nitrogen and oxygen atoms in total. The number of hydrogen-bond donors (Lipinski definition) is 1. The fraction of sp³-hybridized carbons (Fsp3) is 0.370. The lowest BCUT2D eigenvalue weighted by Crippen LogP contribution is -2.25. The van der Waals surface area contributed by atoms with E-state index in [9.17, 15) is 9.59 Å². The summed E-state index contributed by atoms with van der Waals surface area (Å²) < 4.78 is 11.1. The van der Waals surface area contributed by atoms with Crippen LogP contribution in [0.15, 0.2) is 71.0 Å². The summed E-state index contributed by atoms with van der Waals surface area (Å²) >= 11 is 1.35. The molecule has 0 radical (unpaired) electrons. The molecule has 2 rings (SSSR count). The second-order valence-electron chi connectivity index (χ2n) is 7.96. The summed E-state index contributed by atoms with van der Waals surface area (Å²) in [4.78, 5) is 29.9. The van der Waals surface area contributed by atoms with Crippen LogP contribution in [0, 0.1) is 0 Å². The SMILES string of the molecule is C=C(S/C=C(\C)C(=O)NC1=C(C(C)=O)CC/C(C)=C/C=C1)c1ccnc(OCCOCCC)c1. The third-order valence-electron chi connectivity index (χ3n) is 5.03. The van der Waals surface area contributed by atoms with Crippen molar-refractivity contribution in [2.45, 2.75) is 47.0 Å². The number of nitrogens with one attached hydrogen (secondary N) is 1. The van der Waals surface area contributed by atoms with Gasteiger partial charge in [-0.15, -0.1) is 0 Å². The number of thioether (sulfide) groups is 1. The monoisotopic (exact) mass is 482 g/mol. The molecule has 182 valence electrons. The van der Waals surface area contributed by atoms with Crippen LogP contribution in [0.4, 0.5) is 0 Å². The number of pyridine rings is 1. The van der Waals surface area contributed by atoms with Gasteiger partial charge in [-0.1, -0.05) is 43.0 Å². The fourth-order valence-corrected chi connectivity index (χ4v) is 3.74. The molecule has 0 aromatic carbocycles. The number of ketones is 1. The van der Waals surface area contributed by atoms with Crippen LogP contribution in [0.1, 0.15) is 52.5 Å².